The molecule has 9 heteroatoms. The van der Waals surface area contributed by atoms with Gasteiger partial charge in [-0.1, -0.05) is 35.9 Å². The maximum absolute atomic E-state index is 11.9. The molecule has 0 aliphatic carbocycles. The zero-order valence-corrected chi connectivity index (χ0v) is 18.9. The number of ether oxygens (including phenoxy) is 1. The van der Waals surface area contributed by atoms with Crippen LogP contribution in [0, 0.1) is 6.92 Å². The van der Waals surface area contributed by atoms with Crippen LogP contribution in [0.15, 0.2) is 30.3 Å². The second kappa shape index (κ2) is 13.3. The van der Waals surface area contributed by atoms with Crippen LogP contribution in [0.4, 0.5) is 0 Å². The molecule has 0 aliphatic heterocycles. The van der Waals surface area contributed by atoms with Crippen LogP contribution in [0.1, 0.15) is 39.2 Å². The molecule has 0 aromatic heterocycles. The standard InChI is InChI=1S/C12H20N3O5.C7H8.Fm/c1-12(2,3)20-11(19)8(4-5-9(13)17)15-10(18)6-14-7-16;1-7-5-3-2-4-6-7;/h8H,4-6H2,1-3H3,(H2,13,17)(H,14,16)(H,15,18);2-6H,1H3;/q-1;;. The first-order chi connectivity index (χ1) is 12.5. The molecule has 28 heavy (non-hydrogen) atoms. The Morgan fingerprint density at radius 1 is 1.18 bits per heavy atom. The number of nitrogens with one attached hydrogen (secondary N) is 2. The molecule has 0 saturated heterocycles. The normalized spacial score (nSPS) is 10.9. The van der Waals surface area contributed by atoms with E-state index in [0.29, 0.717) is 0 Å². The van der Waals surface area contributed by atoms with Gasteiger partial charge in [0.1, 0.15) is 11.6 Å². The number of primary amides is 1. The summed E-state index contributed by atoms with van der Waals surface area (Å²) in [5.41, 5.74) is 5.61. The molecule has 1 aromatic carbocycles. The van der Waals surface area contributed by atoms with Crippen LogP contribution in [-0.2, 0) is 23.9 Å². The van der Waals surface area contributed by atoms with E-state index in [0.717, 1.165) is 0 Å². The average Bonchev–Trinajstić information content (AvgIpc) is 2.56. The minimum Gasteiger partial charge on any atom is -0.522 e. The van der Waals surface area contributed by atoms with Crippen molar-refractivity contribution in [3.8, 4) is 0 Å². The van der Waals surface area contributed by atoms with Crippen molar-refractivity contribution in [2.24, 2.45) is 5.73 Å². The Morgan fingerprint density at radius 2 is 1.75 bits per heavy atom. The van der Waals surface area contributed by atoms with Gasteiger partial charge in [0.25, 0.3) is 0 Å². The summed E-state index contributed by atoms with van der Waals surface area (Å²) in [5, 5.41) is 4.41. The minimum atomic E-state index is -0.998. The van der Waals surface area contributed by atoms with E-state index < -0.39 is 29.4 Å². The summed E-state index contributed by atoms with van der Waals surface area (Å²) in [7, 11) is 0. The van der Waals surface area contributed by atoms with E-state index in [-0.39, 0.29) is 19.4 Å². The quantitative estimate of drug-likeness (QED) is 0.221. The number of amides is 3. The number of carbonyl (C=O) groups is 3. The summed E-state index contributed by atoms with van der Waals surface area (Å²) >= 11 is 0. The van der Waals surface area contributed by atoms with Gasteiger partial charge in [-0.15, -0.1) is 0 Å². The molecule has 0 saturated carbocycles. The molecule has 0 bridgehead atoms. The summed E-state index contributed by atoms with van der Waals surface area (Å²) in [5.74, 6) is -1.84. The van der Waals surface area contributed by atoms with Crippen LogP contribution in [0.25, 0.3) is 0 Å². The molecule has 0 heterocycles. The summed E-state index contributed by atoms with van der Waals surface area (Å²) in [4.78, 5) is 44.1. The fourth-order valence-corrected chi connectivity index (χ4v) is 1.80. The molecule has 0 spiro atoms. The van der Waals surface area contributed by atoms with Gasteiger partial charge in [0.2, 0.25) is 11.8 Å². The third kappa shape index (κ3) is 14.4. The van der Waals surface area contributed by atoms with E-state index in [2.05, 4.69) is 24.4 Å². The zero-order chi connectivity index (χ0) is 20.9. The Morgan fingerprint density at radius 3 is 2.14 bits per heavy atom. The SMILES string of the molecule is CC(C)(C)OC(=O)C(CCC(N)=O)NC(=O)CN[C-]=O.Cc1ccccc1.[Fm]. The van der Waals surface area contributed by atoms with Crippen molar-refractivity contribution >= 4 is 24.2 Å². The first-order valence-corrected chi connectivity index (χ1v) is 8.47. The molecule has 162 valence electrons. The van der Waals surface area contributed by atoms with E-state index in [1.165, 1.54) is 12.0 Å². The third-order valence-corrected chi connectivity index (χ3v) is 2.97. The molecule has 0 aliphatic rings. The van der Waals surface area contributed by atoms with Gasteiger partial charge in [-0.05, 0) is 34.1 Å². The van der Waals surface area contributed by atoms with Gasteiger partial charge < -0.3 is 25.9 Å². The summed E-state index contributed by atoms with van der Waals surface area (Å²) in [6.45, 7) is 6.81. The van der Waals surface area contributed by atoms with Crippen LogP contribution >= 0.6 is 0 Å². The fourth-order valence-electron chi connectivity index (χ4n) is 1.80. The molecule has 1 aromatic rings. The summed E-state index contributed by atoms with van der Waals surface area (Å²) in [6.07, 6.45) is 1.29. The number of hydrogen-bond acceptors (Lipinski definition) is 5. The monoisotopic (exact) mass is 635 g/mol. The minimum absolute atomic E-state index is 0. The van der Waals surface area contributed by atoms with Crippen LogP contribution in [0.5, 0.6) is 0 Å². The van der Waals surface area contributed by atoms with Gasteiger partial charge in [-0.2, -0.15) is 6.41 Å². The van der Waals surface area contributed by atoms with Crippen molar-refractivity contribution in [2.75, 3.05) is 6.54 Å². The smallest absolute Gasteiger partial charge is 0.329 e. The number of rotatable bonds is 8. The van der Waals surface area contributed by atoms with E-state index in [4.69, 9.17) is 10.5 Å². The van der Waals surface area contributed by atoms with Crippen molar-refractivity contribution in [2.45, 2.75) is 52.2 Å². The molecule has 0 radical (unpaired) electrons. The molecule has 8 nitrogen and oxygen atoms in total. The van der Waals surface area contributed by atoms with Gasteiger partial charge in [-0.25, -0.2) is 4.79 Å². The van der Waals surface area contributed by atoms with Gasteiger partial charge in [0, 0.05) is 6.42 Å². The van der Waals surface area contributed by atoms with Crippen LogP contribution in [0.3, 0.4) is 0 Å². The number of nitrogens with two attached hydrogens (primary N) is 1. The Labute approximate surface area is 159 Å². The summed E-state index contributed by atoms with van der Waals surface area (Å²) < 4.78 is 5.13. The zero-order valence-electron chi connectivity index (χ0n) is 16.5. The van der Waals surface area contributed by atoms with E-state index in [1.54, 1.807) is 20.8 Å². The second-order valence-corrected chi connectivity index (χ2v) is 6.77. The third-order valence-electron chi connectivity index (χ3n) is 2.97. The number of benzene rings is 1. The van der Waals surface area contributed by atoms with Crippen molar-refractivity contribution in [1.82, 2.24) is 10.6 Å². The largest absolute Gasteiger partial charge is 0.522 e. The predicted molar refractivity (Wildman–Crippen MR) is 101 cm³/mol. The van der Waals surface area contributed by atoms with Crippen LogP contribution in [-0.4, -0.2) is 42.4 Å². The molecule has 4 N–H and O–H groups in total. The van der Waals surface area contributed by atoms with Gasteiger partial charge in [0.05, 0.1) is 6.54 Å². The van der Waals surface area contributed by atoms with Crippen molar-refractivity contribution in [3.63, 3.8) is 0 Å². The van der Waals surface area contributed by atoms with Gasteiger partial charge >= 0.3 is 5.97 Å². The molecule has 1 atom stereocenters. The number of aryl methyl sites for hydroxylation is 1. The molecule has 0 fully saturated rings. The average molecular weight is 635 g/mol. The van der Waals surface area contributed by atoms with E-state index in [1.807, 2.05) is 23.5 Å². The molecule has 1 rings (SSSR count). The maximum atomic E-state index is 11.9. The van der Waals surface area contributed by atoms with E-state index >= 15 is 0 Å². The Hall–Kier alpha value is -3.90. The fraction of sp³-hybridized carbons (Fsp3) is 0.474. The first kappa shape index (κ1) is 26.3. The van der Waals surface area contributed by atoms with Crippen molar-refractivity contribution < 1.29 is 23.9 Å². The van der Waals surface area contributed by atoms with Crippen molar-refractivity contribution in [1.29, 1.82) is 0 Å². The van der Waals surface area contributed by atoms with Crippen LogP contribution < -0.4 is 16.4 Å². The Bertz CT molecular complexity index is 618. The van der Waals surface area contributed by atoms with Gasteiger partial charge in [0.15, 0.2) is 0 Å². The molecule has 1 unspecified atom stereocenters. The predicted octanol–water partition coefficient (Wildman–Crippen LogP) is 0.730. The topological polar surface area (TPSA) is 128 Å². The molecular formula is C19H28FmN3O5-. The number of esters is 1. The first-order valence-electron chi connectivity index (χ1n) is 8.47. The van der Waals surface area contributed by atoms with Gasteiger partial charge in [-0.3, -0.25) is 9.59 Å². The Kier molecular flexibility index (Phi) is 12.5. The molecular weight excluding hydrogens is 607 g/mol. The van der Waals surface area contributed by atoms with E-state index in [9.17, 15) is 19.2 Å². The summed E-state index contributed by atoms with van der Waals surface area (Å²) in [6, 6.07) is 9.26. The number of hydrogen-bond donors (Lipinski definition) is 3. The van der Waals surface area contributed by atoms with Crippen LogP contribution in [0.2, 0.25) is 0 Å². The van der Waals surface area contributed by atoms with Crippen molar-refractivity contribution in [3.05, 3.63) is 35.9 Å². The Balaban J connectivity index is 0. The maximum Gasteiger partial charge on any atom is 0.329 e. The number of carbonyl (C=O) groups excluding carboxylic acids is 4. The second-order valence-electron chi connectivity index (χ2n) is 6.77. The molecule has 3 amide bonds.